The van der Waals surface area contributed by atoms with Crippen molar-refractivity contribution in [1.29, 1.82) is 0 Å². The lowest BCUT2D eigenvalue weighted by Crippen LogP contribution is -2.36. The summed E-state index contributed by atoms with van der Waals surface area (Å²) >= 11 is 0. The summed E-state index contributed by atoms with van der Waals surface area (Å²) in [7, 11) is 0. The Hall–Kier alpha value is -1.64. The van der Waals surface area contributed by atoms with Gasteiger partial charge in [0.25, 0.3) is 0 Å². The van der Waals surface area contributed by atoms with E-state index in [-0.39, 0.29) is 0 Å². The van der Waals surface area contributed by atoms with E-state index in [9.17, 15) is 10.2 Å². The standard InChI is InChI=1S/C29H40O2/c1-19-7-5-8-22(15-19)16-20(2)26-12-13-27-23(9-6-14-29(26,27)4)10-11-24-17-25(30)18-28(31)21(24)3/h5,7-8,10-11,15,20,25-28,30-31H,3,6,9,12-14,16-18H2,1-2,4H3/b23-10+,24-11+/t20-,25-,26-,27+,28+,29-/m1/s1. The quantitative estimate of drug-likeness (QED) is 0.599. The summed E-state index contributed by atoms with van der Waals surface area (Å²) in [5.74, 6) is 2.12. The summed E-state index contributed by atoms with van der Waals surface area (Å²) in [6.07, 6.45) is 12.0. The maximum absolute atomic E-state index is 10.2. The highest BCUT2D eigenvalue weighted by molar-refractivity contribution is 5.38. The molecular formula is C29H40O2. The van der Waals surface area contributed by atoms with Crippen molar-refractivity contribution in [1.82, 2.24) is 0 Å². The first-order chi connectivity index (χ1) is 14.8. The number of hydrogen-bond donors (Lipinski definition) is 2. The normalized spacial score (nSPS) is 37.3. The lowest BCUT2D eigenvalue weighted by atomic mass is 9.60. The van der Waals surface area contributed by atoms with Gasteiger partial charge in [-0.15, -0.1) is 0 Å². The van der Waals surface area contributed by atoms with Gasteiger partial charge in [0.15, 0.2) is 0 Å². The maximum Gasteiger partial charge on any atom is 0.0811 e. The Morgan fingerprint density at radius 2 is 2.03 bits per heavy atom. The van der Waals surface area contributed by atoms with E-state index in [0.29, 0.717) is 30.1 Å². The number of fused-ring (bicyclic) bond motifs is 1. The number of hydrogen-bond acceptors (Lipinski definition) is 2. The van der Waals surface area contributed by atoms with Crippen molar-refractivity contribution in [2.24, 2.45) is 23.2 Å². The van der Waals surface area contributed by atoms with Crippen LogP contribution in [0, 0.1) is 30.1 Å². The van der Waals surface area contributed by atoms with Crippen LogP contribution in [0.3, 0.4) is 0 Å². The molecule has 0 unspecified atom stereocenters. The molecule has 2 N–H and O–H groups in total. The Kier molecular flexibility index (Phi) is 6.60. The van der Waals surface area contributed by atoms with Crippen LogP contribution >= 0.6 is 0 Å². The summed E-state index contributed by atoms with van der Waals surface area (Å²) in [4.78, 5) is 0. The van der Waals surface area contributed by atoms with Gasteiger partial charge in [-0.1, -0.05) is 68.0 Å². The number of aryl methyl sites for hydroxylation is 1. The molecule has 0 radical (unpaired) electrons. The van der Waals surface area contributed by atoms with E-state index in [1.807, 2.05) is 0 Å². The molecular weight excluding hydrogens is 380 g/mol. The van der Waals surface area contributed by atoms with E-state index >= 15 is 0 Å². The second kappa shape index (κ2) is 9.08. The zero-order valence-corrected chi connectivity index (χ0v) is 19.6. The molecule has 0 saturated heterocycles. The van der Waals surface area contributed by atoms with Crippen molar-refractivity contribution in [3.8, 4) is 0 Å². The van der Waals surface area contributed by atoms with Gasteiger partial charge >= 0.3 is 0 Å². The average Bonchev–Trinajstić information content (AvgIpc) is 3.07. The van der Waals surface area contributed by atoms with Gasteiger partial charge in [0.2, 0.25) is 0 Å². The van der Waals surface area contributed by atoms with E-state index < -0.39 is 12.2 Å². The van der Waals surface area contributed by atoms with Crippen LogP contribution in [-0.2, 0) is 6.42 Å². The van der Waals surface area contributed by atoms with Gasteiger partial charge in [0, 0.05) is 6.42 Å². The lowest BCUT2D eigenvalue weighted by molar-refractivity contribution is 0.0862. The number of benzene rings is 1. The summed E-state index contributed by atoms with van der Waals surface area (Å²) in [6, 6.07) is 9.02. The van der Waals surface area contributed by atoms with Crippen LogP contribution in [0.4, 0.5) is 0 Å². The predicted molar refractivity (Wildman–Crippen MR) is 129 cm³/mol. The Morgan fingerprint density at radius 3 is 2.81 bits per heavy atom. The minimum Gasteiger partial charge on any atom is -0.393 e. The molecule has 2 nitrogen and oxygen atoms in total. The molecule has 168 valence electrons. The molecule has 0 aliphatic heterocycles. The molecule has 3 aliphatic rings. The molecule has 3 saturated carbocycles. The largest absolute Gasteiger partial charge is 0.393 e. The molecule has 0 heterocycles. The zero-order chi connectivity index (χ0) is 22.2. The van der Waals surface area contributed by atoms with Crippen LogP contribution in [0.2, 0.25) is 0 Å². The van der Waals surface area contributed by atoms with Gasteiger partial charge in [-0.2, -0.15) is 0 Å². The number of aliphatic hydroxyl groups excluding tert-OH is 2. The van der Waals surface area contributed by atoms with Crippen LogP contribution in [0.1, 0.15) is 69.9 Å². The van der Waals surface area contributed by atoms with Crippen molar-refractivity contribution >= 4 is 0 Å². The van der Waals surface area contributed by atoms with Gasteiger partial charge in [-0.3, -0.25) is 0 Å². The maximum atomic E-state index is 10.2. The van der Waals surface area contributed by atoms with Crippen molar-refractivity contribution in [2.45, 2.75) is 84.3 Å². The van der Waals surface area contributed by atoms with E-state index in [1.165, 1.54) is 49.7 Å². The van der Waals surface area contributed by atoms with Crippen LogP contribution in [0.15, 0.2) is 59.7 Å². The minimum atomic E-state index is -0.608. The van der Waals surface area contributed by atoms with Crippen LogP contribution in [0.5, 0.6) is 0 Å². The van der Waals surface area contributed by atoms with E-state index in [0.717, 1.165) is 17.1 Å². The molecule has 31 heavy (non-hydrogen) atoms. The summed E-state index contributed by atoms with van der Waals surface area (Å²) in [6.45, 7) is 11.3. The molecule has 1 aromatic rings. The van der Waals surface area contributed by atoms with E-state index in [2.05, 4.69) is 63.8 Å². The molecule has 0 spiro atoms. The first kappa shape index (κ1) is 22.6. The third-order valence-corrected chi connectivity index (χ3v) is 8.63. The summed E-state index contributed by atoms with van der Waals surface area (Å²) in [5.41, 5.74) is 6.60. The van der Waals surface area contributed by atoms with Crippen LogP contribution in [0.25, 0.3) is 0 Å². The highest BCUT2D eigenvalue weighted by Gasteiger charge is 2.50. The van der Waals surface area contributed by atoms with Crippen LogP contribution < -0.4 is 0 Å². The van der Waals surface area contributed by atoms with Crippen molar-refractivity contribution in [2.75, 3.05) is 0 Å². The number of allylic oxidation sites excluding steroid dienone is 3. The molecule has 0 bridgehead atoms. The van der Waals surface area contributed by atoms with Gasteiger partial charge in [0.1, 0.15) is 0 Å². The second-order valence-corrected chi connectivity index (χ2v) is 10.8. The topological polar surface area (TPSA) is 40.5 Å². The molecule has 6 atom stereocenters. The fraction of sp³-hybridized carbons (Fsp3) is 0.586. The van der Waals surface area contributed by atoms with Crippen molar-refractivity contribution in [3.05, 3.63) is 70.8 Å². The Balaban J connectivity index is 1.51. The smallest absolute Gasteiger partial charge is 0.0811 e. The Morgan fingerprint density at radius 1 is 1.23 bits per heavy atom. The first-order valence-electron chi connectivity index (χ1n) is 12.3. The molecule has 0 amide bonds. The monoisotopic (exact) mass is 420 g/mol. The van der Waals surface area contributed by atoms with Gasteiger partial charge in [0.05, 0.1) is 12.2 Å². The Bertz CT molecular complexity index is 878. The third kappa shape index (κ3) is 4.61. The first-order valence-corrected chi connectivity index (χ1v) is 12.3. The molecule has 3 fully saturated rings. The summed E-state index contributed by atoms with van der Waals surface area (Å²) < 4.78 is 0. The Labute approximate surface area is 188 Å². The number of aliphatic hydroxyl groups is 2. The van der Waals surface area contributed by atoms with E-state index in [4.69, 9.17) is 0 Å². The lowest BCUT2D eigenvalue weighted by Gasteiger charge is -2.44. The minimum absolute atomic E-state index is 0.383. The van der Waals surface area contributed by atoms with Gasteiger partial charge in [-0.25, -0.2) is 0 Å². The van der Waals surface area contributed by atoms with Crippen molar-refractivity contribution in [3.63, 3.8) is 0 Å². The molecule has 2 heteroatoms. The summed E-state index contributed by atoms with van der Waals surface area (Å²) in [5, 5.41) is 20.2. The fourth-order valence-electron chi connectivity index (χ4n) is 7.03. The SMILES string of the molecule is C=C1/C(=C/C=C2\CCC[C@]3(C)[C@@H]([C@H](C)Cc4cccc(C)c4)CC[C@@H]23)C[C@@H](O)C[C@@H]1O. The fourth-order valence-corrected chi connectivity index (χ4v) is 7.03. The molecule has 4 rings (SSSR count). The third-order valence-electron chi connectivity index (χ3n) is 8.63. The highest BCUT2D eigenvalue weighted by atomic mass is 16.3. The number of rotatable bonds is 4. The average molecular weight is 421 g/mol. The van der Waals surface area contributed by atoms with Gasteiger partial charge in [-0.05, 0) is 91.7 Å². The highest BCUT2D eigenvalue weighted by Crippen LogP contribution is 2.59. The molecule has 0 aromatic heterocycles. The molecule has 1 aromatic carbocycles. The van der Waals surface area contributed by atoms with Crippen LogP contribution in [-0.4, -0.2) is 22.4 Å². The van der Waals surface area contributed by atoms with Gasteiger partial charge < -0.3 is 10.2 Å². The predicted octanol–water partition coefficient (Wildman–Crippen LogP) is 6.31. The van der Waals surface area contributed by atoms with E-state index in [1.54, 1.807) is 5.57 Å². The molecule has 3 aliphatic carbocycles. The second-order valence-electron chi connectivity index (χ2n) is 10.8. The van der Waals surface area contributed by atoms with Crippen molar-refractivity contribution < 1.29 is 10.2 Å². The zero-order valence-electron chi connectivity index (χ0n) is 19.6.